The molecule has 2 rings (SSSR count). The van der Waals surface area contributed by atoms with Gasteiger partial charge in [-0.2, -0.15) is 0 Å². The summed E-state index contributed by atoms with van der Waals surface area (Å²) in [7, 11) is 1.81. The molecule has 2 aromatic rings. The predicted molar refractivity (Wildman–Crippen MR) is 95.7 cm³/mol. The number of aryl methyl sites for hydroxylation is 2. The summed E-state index contributed by atoms with van der Waals surface area (Å²) in [6, 6.07) is 10.5. The highest BCUT2D eigenvalue weighted by molar-refractivity contribution is 5.79. The van der Waals surface area contributed by atoms with Crippen molar-refractivity contribution >= 4 is 5.96 Å². The van der Waals surface area contributed by atoms with Gasteiger partial charge in [0.1, 0.15) is 5.82 Å². The number of benzene rings is 1. The van der Waals surface area contributed by atoms with Crippen LogP contribution in [0.3, 0.4) is 0 Å². The van der Waals surface area contributed by atoms with Crippen molar-refractivity contribution in [1.82, 2.24) is 20.2 Å². The molecule has 1 aromatic heterocycles. The molecule has 0 saturated heterocycles. The van der Waals surface area contributed by atoms with Crippen LogP contribution in [0.5, 0.6) is 0 Å². The Hall–Kier alpha value is -2.30. The second-order valence-corrected chi connectivity index (χ2v) is 5.54. The van der Waals surface area contributed by atoms with Crippen molar-refractivity contribution in [1.29, 1.82) is 0 Å². The number of guanidine groups is 1. The molecule has 0 aliphatic rings. The average molecular weight is 313 g/mol. The van der Waals surface area contributed by atoms with Gasteiger partial charge < -0.3 is 15.2 Å². The Bertz CT molecular complexity index is 588. The van der Waals surface area contributed by atoms with E-state index in [9.17, 15) is 0 Å². The van der Waals surface area contributed by atoms with Crippen LogP contribution in [0, 0.1) is 6.92 Å². The number of rotatable bonds is 8. The first kappa shape index (κ1) is 17.1. The maximum absolute atomic E-state index is 4.26. The number of nitrogens with zero attached hydrogens (tertiary/aromatic N) is 3. The van der Waals surface area contributed by atoms with Crippen LogP contribution in [-0.2, 0) is 13.0 Å². The fraction of sp³-hybridized carbons (Fsp3) is 0.444. The van der Waals surface area contributed by atoms with Crippen molar-refractivity contribution in [2.75, 3.05) is 20.1 Å². The van der Waals surface area contributed by atoms with E-state index in [4.69, 9.17) is 0 Å². The molecule has 23 heavy (non-hydrogen) atoms. The molecule has 0 bridgehead atoms. The molecule has 124 valence electrons. The third-order valence-corrected chi connectivity index (χ3v) is 3.81. The van der Waals surface area contributed by atoms with Gasteiger partial charge in [0.15, 0.2) is 5.96 Å². The first-order valence-corrected chi connectivity index (χ1v) is 8.26. The molecule has 0 fully saturated rings. The molecule has 1 heterocycles. The summed E-state index contributed by atoms with van der Waals surface area (Å²) < 4.78 is 2.19. The van der Waals surface area contributed by atoms with Crippen molar-refractivity contribution in [3.05, 3.63) is 54.1 Å². The highest BCUT2D eigenvalue weighted by Crippen LogP contribution is 1.99. The van der Waals surface area contributed by atoms with Gasteiger partial charge in [-0.05, 0) is 31.7 Å². The van der Waals surface area contributed by atoms with Crippen LogP contribution in [0.4, 0.5) is 0 Å². The molecule has 0 aliphatic heterocycles. The van der Waals surface area contributed by atoms with Crippen LogP contribution in [0.25, 0.3) is 0 Å². The van der Waals surface area contributed by atoms with Crippen molar-refractivity contribution in [2.24, 2.45) is 4.99 Å². The summed E-state index contributed by atoms with van der Waals surface area (Å²) in [5, 5.41) is 6.72. The van der Waals surface area contributed by atoms with Gasteiger partial charge in [-0.1, -0.05) is 30.3 Å². The summed E-state index contributed by atoms with van der Waals surface area (Å²) >= 11 is 0. The van der Waals surface area contributed by atoms with Crippen molar-refractivity contribution in [3.8, 4) is 0 Å². The van der Waals surface area contributed by atoms with Gasteiger partial charge in [0, 0.05) is 39.1 Å². The maximum Gasteiger partial charge on any atom is 0.190 e. The SMILES string of the molecule is CN=C(NCCCCn1ccnc1C)NCCc1ccccc1. The molecule has 0 spiro atoms. The Morgan fingerprint density at radius 2 is 1.91 bits per heavy atom. The quantitative estimate of drug-likeness (QED) is 0.447. The monoisotopic (exact) mass is 313 g/mol. The van der Waals surface area contributed by atoms with Gasteiger partial charge in [0.2, 0.25) is 0 Å². The van der Waals surface area contributed by atoms with Gasteiger partial charge >= 0.3 is 0 Å². The minimum absolute atomic E-state index is 0.875. The van der Waals surface area contributed by atoms with Crippen LogP contribution < -0.4 is 10.6 Å². The fourth-order valence-corrected chi connectivity index (χ4v) is 2.44. The highest BCUT2D eigenvalue weighted by atomic mass is 15.2. The first-order valence-electron chi connectivity index (χ1n) is 8.26. The van der Waals surface area contributed by atoms with Gasteiger partial charge in [-0.3, -0.25) is 4.99 Å². The first-order chi connectivity index (χ1) is 11.3. The summed E-state index contributed by atoms with van der Waals surface area (Å²) in [6.45, 7) is 4.88. The third-order valence-electron chi connectivity index (χ3n) is 3.81. The van der Waals surface area contributed by atoms with Crippen LogP contribution in [-0.4, -0.2) is 35.6 Å². The number of nitrogens with one attached hydrogen (secondary N) is 2. The van der Waals surface area contributed by atoms with Crippen molar-refractivity contribution in [2.45, 2.75) is 32.7 Å². The van der Waals surface area contributed by atoms with Crippen molar-refractivity contribution in [3.63, 3.8) is 0 Å². The van der Waals surface area contributed by atoms with E-state index in [1.165, 1.54) is 5.56 Å². The summed E-state index contributed by atoms with van der Waals surface area (Å²) in [5.41, 5.74) is 1.34. The van der Waals surface area contributed by atoms with E-state index in [0.29, 0.717) is 0 Å². The number of unbranched alkanes of at least 4 members (excludes halogenated alkanes) is 1. The molecular weight excluding hydrogens is 286 g/mol. The van der Waals surface area contributed by atoms with E-state index in [0.717, 1.165) is 50.7 Å². The molecule has 0 radical (unpaired) electrons. The molecule has 0 amide bonds. The zero-order chi connectivity index (χ0) is 16.3. The van der Waals surface area contributed by atoms with E-state index < -0.39 is 0 Å². The minimum atomic E-state index is 0.875. The predicted octanol–water partition coefficient (Wildman–Crippen LogP) is 2.38. The third kappa shape index (κ3) is 6.14. The zero-order valence-electron chi connectivity index (χ0n) is 14.1. The molecule has 0 saturated carbocycles. The lowest BCUT2D eigenvalue weighted by Crippen LogP contribution is -2.38. The number of hydrogen-bond donors (Lipinski definition) is 2. The number of hydrogen-bond acceptors (Lipinski definition) is 2. The van der Waals surface area contributed by atoms with Crippen LogP contribution in [0.15, 0.2) is 47.7 Å². The standard InChI is InChI=1S/C18H27N5/c1-16-20-13-15-23(16)14-7-6-11-21-18(19-2)22-12-10-17-8-4-3-5-9-17/h3-5,8-9,13,15H,6-7,10-12,14H2,1-2H3,(H2,19,21,22). The molecule has 0 aliphatic carbocycles. The second kappa shape index (κ2) is 9.66. The number of imidazole rings is 1. The summed E-state index contributed by atoms with van der Waals surface area (Å²) in [6.07, 6.45) is 7.13. The molecule has 0 atom stereocenters. The topological polar surface area (TPSA) is 54.2 Å². The molecule has 0 unspecified atom stereocenters. The van der Waals surface area contributed by atoms with Crippen LogP contribution >= 0.6 is 0 Å². The molecule has 5 nitrogen and oxygen atoms in total. The molecule has 5 heteroatoms. The normalized spacial score (nSPS) is 11.5. The lowest BCUT2D eigenvalue weighted by Gasteiger charge is -2.12. The Labute approximate surface area is 138 Å². The van der Waals surface area contributed by atoms with E-state index in [2.05, 4.69) is 49.4 Å². The Morgan fingerprint density at radius 3 is 2.61 bits per heavy atom. The Balaban J connectivity index is 1.57. The molecular formula is C18H27N5. The lowest BCUT2D eigenvalue weighted by atomic mass is 10.1. The Kier molecular flexibility index (Phi) is 7.17. The van der Waals surface area contributed by atoms with Gasteiger partial charge in [0.05, 0.1) is 0 Å². The minimum Gasteiger partial charge on any atom is -0.356 e. The fourth-order valence-electron chi connectivity index (χ4n) is 2.44. The van der Waals surface area contributed by atoms with Gasteiger partial charge in [-0.15, -0.1) is 0 Å². The molecule has 1 aromatic carbocycles. The van der Waals surface area contributed by atoms with Crippen molar-refractivity contribution < 1.29 is 0 Å². The largest absolute Gasteiger partial charge is 0.356 e. The highest BCUT2D eigenvalue weighted by Gasteiger charge is 1.99. The van der Waals surface area contributed by atoms with E-state index in [1.807, 2.05) is 32.4 Å². The smallest absolute Gasteiger partial charge is 0.190 e. The maximum atomic E-state index is 4.26. The Morgan fingerprint density at radius 1 is 1.13 bits per heavy atom. The van der Waals surface area contributed by atoms with E-state index in [-0.39, 0.29) is 0 Å². The average Bonchev–Trinajstić information content (AvgIpc) is 2.99. The summed E-state index contributed by atoms with van der Waals surface area (Å²) in [4.78, 5) is 8.49. The van der Waals surface area contributed by atoms with Gasteiger partial charge in [-0.25, -0.2) is 4.98 Å². The number of aliphatic imine (C=N–C) groups is 1. The lowest BCUT2D eigenvalue weighted by molar-refractivity contribution is 0.588. The van der Waals surface area contributed by atoms with Crippen LogP contribution in [0.2, 0.25) is 0 Å². The molecule has 2 N–H and O–H groups in total. The summed E-state index contributed by atoms with van der Waals surface area (Å²) in [5.74, 6) is 1.95. The van der Waals surface area contributed by atoms with Crippen LogP contribution in [0.1, 0.15) is 24.2 Å². The van der Waals surface area contributed by atoms with E-state index in [1.54, 1.807) is 0 Å². The van der Waals surface area contributed by atoms with E-state index >= 15 is 0 Å². The number of aromatic nitrogens is 2. The van der Waals surface area contributed by atoms with Gasteiger partial charge in [0.25, 0.3) is 0 Å². The second-order valence-electron chi connectivity index (χ2n) is 5.54. The zero-order valence-corrected chi connectivity index (χ0v) is 14.1.